The summed E-state index contributed by atoms with van der Waals surface area (Å²) in [5, 5.41) is 9.94. The van der Waals surface area contributed by atoms with Gasteiger partial charge in [0.05, 0.1) is 32.2 Å². The summed E-state index contributed by atoms with van der Waals surface area (Å²) in [6, 6.07) is 17.2. The fourth-order valence-corrected chi connectivity index (χ4v) is 3.47. The average Bonchev–Trinajstić information content (AvgIpc) is 3.16. The van der Waals surface area contributed by atoms with Crippen molar-refractivity contribution >= 4 is 46.1 Å². The van der Waals surface area contributed by atoms with Crippen LogP contribution in [0.1, 0.15) is 33.2 Å². The van der Waals surface area contributed by atoms with Crippen LogP contribution in [0.25, 0.3) is 22.4 Å². The summed E-state index contributed by atoms with van der Waals surface area (Å²) >= 11 is 12.3. The van der Waals surface area contributed by atoms with E-state index >= 15 is 0 Å². The van der Waals surface area contributed by atoms with Crippen molar-refractivity contribution in [3.05, 3.63) is 87.4 Å². The van der Waals surface area contributed by atoms with Crippen molar-refractivity contribution in [1.29, 1.82) is 0 Å². The topological polar surface area (TPSA) is 109 Å². The Morgan fingerprint density at radius 2 is 1.61 bits per heavy atom. The van der Waals surface area contributed by atoms with Crippen LogP contribution in [0.2, 0.25) is 10.0 Å². The fraction of sp³-hybridized carbons (Fsp3) is 0.0870. The first-order valence-corrected chi connectivity index (χ1v) is 10.1. The lowest BCUT2D eigenvalue weighted by atomic mass is 10.1. The normalized spacial score (nSPS) is 10.4. The molecule has 0 saturated carbocycles. The summed E-state index contributed by atoms with van der Waals surface area (Å²) in [6.07, 6.45) is 0.985. The zero-order valence-corrected chi connectivity index (χ0v) is 18.0. The van der Waals surface area contributed by atoms with Gasteiger partial charge in [0.25, 0.3) is 0 Å². The number of imidazole rings is 1. The lowest BCUT2D eigenvalue weighted by molar-refractivity contribution is 0.0696. The fourth-order valence-electron chi connectivity index (χ4n) is 2.89. The van der Waals surface area contributed by atoms with Crippen molar-refractivity contribution in [2.75, 3.05) is 0 Å². The number of nitrogens with zero attached hydrogens (tertiary/aromatic N) is 1. The van der Waals surface area contributed by atoms with Gasteiger partial charge in [0, 0.05) is 5.56 Å². The highest BCUT2D eigenvalue weighted by Gasteiger charge is 2.13. The van der Waals surface area contributed by atoms with Crippen LogP contribution < -0.4 is 5.73 Å². The minimum absolute atomic E-state index is 0.193. The number of amides is 1. The molecule has 0 radical (unpaired) electrons. The van der Waals surface area contributed by atoms with Crippen LogP contribution in [0.4, 0.5) is 0 Å². The molecule has 0 saturated heterocycles. The number of aryl methyl sites for hydroxylation is 1. The van der Waals surface area contributed by atoms with Crippen molar-refractivity contribution in [1.82, 2.24) is 9.97 Å². The molecule has 0 aliphatic carbocycles. The van der Waals surface area contributed by atoms with E-state index in [0.717, 1.165) is 6.42 Å². The van der Waals surface area contributed by atoms with Crippen molar-refractivity contribution in [3.8, 4) is 11.4 Å². The van der Waals surface area contributed by atoms with E-state index in [1.165, 1.54) is 17.7 Å². The molecule has 0 bridgehead atoms. The van der Waals surface area contributed by atoms with Crippen LogP contribution in [0.3, 0.4) is 0 Å². The third-order valence-corrected chi connectivity index (χ3v) is 5.21. The van der Waals surface area contributed by atoms with Crippen LogP contribution in [-0.2, 0) is 6.42 Å². The quantitative estimate of drug-likeness (QED) is 0.372. The monoisotopic (exact) mass is 455 g/mol. The van der Waals surface area contributed by atoms with Crippen molar-refractivity contribution in [2.45, 2.75) is 13.3 Å². The number of hydrogen-bond donors (Lipinski definition) is 3. The number of halogens is 2. The van der Waals surface area contributed by atoms with E-state index in [4.69, 9.17) is 34.0 Å². The van der Waals surface area contributed by atoms with Crippen LogP contribution in [0, 0.1) is 0 Å². The number of benzene rings is 3. The number of primary amides is 1. The summed E-state index contributed by atoms with van der Waals surface area (Å²) in [7, 11) is 0. The number of carbonyl (C=O) groups is 2. The molecule has 31 heavy (non-hydrogen) atoms. The zero-order chi connectivity index (χ0) is 22.5. The van der Waals surface area contributed by atoms with Crippen molar-refractivity contribution in [3.63, 3.8) is 0 Å². The summed E-state index contributed by atoms with van der Waals surface area (Å²) in [6.45, 7) is 2.07. The highest BCUT2D eigenvalue weighted by atomic mass is 35.5. The zero-order valence-electron chi connectivity index (χ0n) is 16.5. The van der Waals surface area contributed by atoms with Gasteiger partial charge < -0.3 is 15.8 Å². The summed E-state index contributed by atoms with van der Waals surface area (Å²) in [4.78, 5) is 29.0. The Morgan fingerprint density at radius 3 is 2.16 bits per heavy atom. The Hall–Kier alpha value is -3.35. The molecule has 1 heterocycles. The molecule has 4 rings (SSSR count). The second kappa shape index (κ2) is 9.64. The van der Waals surface area contributed by atoms with Gasteiger partial charge in [-0.2, -0.15) is 0 Å². The molecule has 158 valence electrons. The van der Waals surface area contributed by atoms with E-state index in [9.17, 15) is 9.59 Å². The van der Waals surface area contributed by atoms with Gasteiger partial charge in [-0.25, -0.2) is 9.78 Å². The highest BCUT2D eigenvalue weighted by Crippen LogP contribution is 2.33. The number of nitrogens with one attached hydrogen (secondary N) is 1. The SMILES string of the molecule is CCc1ccc(C(N)=O)cc1.O=C(O)c1ccc2nc(-c3c(Cl)cccc3Cl)[nH]c2c1. The van der Waals surface area contributed by atoms with Gasteiger partial charge in [0.15, 0.2) is 0 Å². The van der Waals surface area contributed by atoms with Crippen LogP contribution in [0.15, 0.2) is 60.7 Å². The summed E-state index contributed by atoms with van der Waals surface area (Å²) in [5.74, 6) is -0.843. The minimum Gasteiger partial charge on any atom is -0.478 e. The van der Waals surface area contributed by atoms with E-state index in [2.05, 4.69) is 16.9 Å². The summed E-state index contributed by atoms with van der Waals surface area (Å²) in [5.41, 5.74) is 8.92. The molecular weight excluding hydrogens is 437 g/mol. The lowest BCUT2D eigenvalue weighted by Gasteiger charge is -2.02. The maximum atomic E-state index is 11.0. The molecular formula is C23H19Cl2N3O3. The first-order chi connectivity index (χ1) is 14.8. The van der Waals surface area contributed by atoms with Crippen LogP contribution >= 0.6 is 23.2 Å². The van der Waals surface area contributed by atoms with Gasteiger partial charge in [-0.15, -0.1) is 0 Å². The van der Waals surface area contributed by atoms with Crippen LogP contribution in [-0.4, -0.2) is 27.0 Å². The third-order valence-electron chi connectivity index (χ3n) is 4.58. The molecule has 3 aromatic carbocycles. The standard InChI is InChI=1S/C14H8Cl2N2O2.C9H11NO/c15-8-2-1-3-9(16)12(8)13-17-10-5-4-7(14(19)20)6-11(10)18-13;1-2-7-3-5-8(6-4-7)9(10)11/h1-6H,(H,17,18)(H,19,20);3-6H,2H2,1H3,(H2,10,11). The maximum Gasteiger partial charge on any atom is 0.335 e. The minimum atomic E-state index is -0.987. The number of carbonyl (C=O) groups excluding carboxylic acids is 1. The number of hydrogen-bond acceptors (Lipinski definition) is 3. The molecule has 4 N–H and O–H groups in total. The van der Waals surface area contributed by atoms with Crippen molar-refractivity contribution in [2.24, 2.45) is 5.73 Å². The van der Waals surface area contributed by atoms with Gasteiger partial charge in [0.1, 0.15) is 5.82 Å². The number of carboxylic acids is 1. The number of rotatable bonds is 4. The predicted molar refractivity (Wildman–Crippen MR) is 123 cm³/mol. The molecule has 6 nitrogen and oxygen atoms in total. The van der Waals surface area contributed by atoms with Crippen molar-refractivity contribution < 1.29 is 14.7 Å². The Bertz CT molecular complexity index is 1230. The molecule has 4 aromatic rings. The second-order valence-corrected chi connectivity index (χ2v) is 7.45. The van der Waals surface area contributed by atoms with Crippen LogP contribution in [0.5, 0.6) is 0 Å². The van der Waals surface area contributed by atoms with E-state index in [0.29, 0.717) is 38.0 Å². The number of aromatic nitrogens is 2. The molecule has 0 spiro atoms. The van der Waals surface area contributed by atoms with Gasteiger partial charge in [-0.05, 0) is 54.4 Å². The molecule has 0 unspecified atom stereocenters. The van der Waals surface area contributed by atoms with E-state index in [1.807, 2.05) is 12.1 Å². The number of nitrogens with two attached hydrogens (primary N) is 1. The number of aromatic carboxylic acids is 1. The highest BCUT2D eigenvalue weighted by molar-refractivity contribution is 6.39. The molecule has 1 amide bonds. The molecule has 0 aliphatic heterocycles. The smallest absolute Gasteiger partial charge is 0.335 e. The van der Waals surface area contributed by atoms with E-state index in [-0.39, 0.29) is 11.5 Å². The molecule has 0 fully saturated rings. The first kappa shape index (κ1) is 22.3. The number of fused-ring (bicyclic) bond motifs is 1. The largest absolute Gasteiger partial charge is 0.478 e. The maximum absolute atomic E-state index is 11.0. The van der Waals surface area contributed by atoms with E-state index < -0.39 is 5.97 Å². The Kier molecular flexibility index (Phi) is 6.95. The predicted octanol–water partition coefficient (Wildman–Crippen LogP) is 5.58. The second-order valence-electron chi connectivity index (χ2n) is 6.63. The summed E-state index contributed by atoms with van der Waals surface area (Å²) < 4.78 is 0. The molecule has 0 atom stereocenters. The average molecular weight is 456 g/mol. The molecule has 1 aromatic heterocycles. The van der Waals surface area contributed by atoms with E-state index in [1.54, 1.807) is 36.4 Å². The number of carboxylic acid groups (broad SMARTS) is 1. The Balaban J connectivity index is 0.000000210. The van der Waals surface area contributed by atoms with Gasteiger partial charge in [0.2, 0.25) is 5.91 Å². The third kappa shape index (κ3) is 5.23. The molecule has 0 aliphatic rings. The Morgan fingerprint density at radius 1 is 1.00 bits per heavy atom. The molecule has 8 heteroatoms. The number of H-pyrrole nitrogens is 1. The lowest BCUT2D eigenvalue weighted by Crippen LogP contribution is -2.10. The van der Waals surface area contributed by atoms with Gasteiger partial charge in [-0.1, -0.05) is 48.3 Å². The van der Waals surface area contributed by atoms with Gasteiger partial charge in [-0.3, -0.25) is 4.79 Å². The van der Waals surface area contributed by atoms with Gasteiger partial charge >= 0.3 is 5.97 Å². The first-order valence-electron chi connectivity index (χ1n) is 9.36. The Labute approximate surface area is 188 Å². The number of aromatic amines is 1.